The van der Waals surface area contributed by atoms with Gasteiger partial charge in [0.05, 0.1) is 13.1 Å². The number of aliphatic imine (C=N–C) groups is 2. The van der Waals surface area contributed by atoms with E-state index in [0.29, 0.717) is 51.6 Å². The number of hydrogen-bond acceptors (Lipinski definition) is 12. The van der Waals surface area contributed by atoms with E-state index in [4.69, 9.17) is 34.4 Å². The maximum absolute atomic E-state index is 12.7. The number of phenolic OH excluding ortho intramolecular Hbond substituents is 2. The number of phenols is 2. The zero-order valence-corrected chi connectivity index (χ0v) is 39.5. The van der Waals surface area contributed by atoms with Gasteiger partial charge in [-0.3, -0.25) is 38.8 Å². The second-order valence-electron chi connectivity index (χ2n) is 17.6. The summed E-state index contributed by atoms with van der Waals surface area (Å²) in [6.07, 6.45) is 4.28. The zero-order chi connectivity index (χ0) is 50.0. The first-order valence-electron chi connectivity index (χ1n) is 22.3. The van der Waals surface area contributed by atoms with E-state index < -0.39 is 34.7 Å². The second-order valence-corrected chi connectivity index (χ2v) is 17.6. The number of rotatable bonds is 30. The Morgan fingerprint density at radius 2 is 0.879 bits per heavy atom. The number of carbonyl (C=O) groups is 6. The van der Waals surface area contributed by atoms with Crippen molar-refractivity contribution in [2.24, 2.45) is 55.2 Å². The molecule has 0 bridgehead atoms. The quantitative estimate of drug-likeness (QED) is 0.0291. The molecule has 2 aromatic rings. The highest BCUT2D eigenvalue weighted by molar-refractivity contribution is 5.89. The van der Waals surface area contributed by atoms with Gasteiger partial charge in [0.1, 0.15) is 23.6 Å². The van der Waals surface area contributed by atoms with Gasteiger partial charge in [0.15, 0.2) is 23.5 Å². The summed E-state index contributed by atoms with van der Waals surface area (Å²) >= 11 is 0. The average Bonchev–Trinajstić information content (AvgIpc) is 3.25. The molecule has 0 aliphatic heterocycles. The number of guanidine groups is 2. The number of amides is 4. The van der Waals surface area contributed by atoms with Crippen molar-refractivity contribution in [3.63, 3.8) is 0 Å². The molecule has 2 rings (SSSR count). The molecule has 20 nitrogen and oxygen atoms in total. The predicted molar refractivity (Wildman–Crippen MR) is 257 cm³/mol. The number of hydrogen-bond donors (Lipinski definition) is 12. The van der Waals surface area contributed by atoms with Gasteiger partial charge in [-0.1, -0.05) is 65.8 Å². The van der Waals surface area contributed by atoms with Crippen molar-refractivity contribution < 1.29 is 39.0 Å². The maximum atomic E-state index is 12.7. The van der Waals surface area contributed by atoms with E-state index in [-0.39, 0.29) is 97.7 Å². The molecule has 0 radical (unpaired) electrons. The summed E-state index contributed by atoms with van der Waals surface area (Å²) in [7, 11) is 0. The summed E-state index contributed by atoms with van der Waals surface area (Å²) < 4.78 is 0. The molecule has 0 heterocycles. The fourth-order valence-corrected chi connectivity index (χ4v) is 6.13. The summed E-state index contributed by atoms with van der Waals surface area (Å²) in [4.78, 5) is 82.1. The van der Waals surface area contributed by atoms with Crippen LogP contribution in [0.25, 0.3) is 0 Å². The molecular formula is C46H76N12O8. The van der Waals surface area contributed by atoms with Crippen molar-refractivity contribution in [3.05, 3.63) is 59.7 Å². The second kappa shape index (κ2) is 29.3. The number of nitrogens with two attached hydrogens (primary N) is 6. The molecule has 0 spiro atoms. The van der Waals surface area contributed by atoms with Gasteiger partial charge in [-0.25, -0.2) is 0 Å². The van der Waals surface area contributed by atoms with Gasteiger partial charge in [0, 0.05) is 61.7 Å². The van der Waals surface area contributed by atoms with Gasteiger partial charge in [0.25, 0.3) is 0 Å². The van der Waals surface area contributed by atoms with Crippen molar-refractivity contribution in [1.82, 2.24) is 21.3 Å². The van der Waals surface area contributed by atoms with Gasteiger partial charge in [-0.05, 0) is 73.9 Å². The topological polar surface area (TPSA) is 372 Å². The van der Waals surface area contributed by atoms with Crippen molar-refractivity contribution in [2.75, 3.05) is 26.2 Å². The van der Waals surface area contributed by atoms with E-state index in [2.05, 4.69) is 31.3 Å². The summed E-state index contributed by atoms with van der Waals surface area (Å²) in [6.45, 7) is 12.5. The van der Waals surface area contributed by atoms with Gasteiger partial charge >= 0.3 is 0 Å². The standard InChI is InChI=1S/2C23H38N6O4/c2*1-4-23(2,3)19(31)14-28-16(6-5-11-27-22(25)26)13-20(32)29-18(21(24)33)12-15-7-9-17(30)10-8-15/h2*7-10,16,18,28,30H,4-6,11-14H2,1-3H3,(H2,24,33)(H,29,32)(H4,25,26,27)/t2*16-,18-/m00/s1. The molecule has 0 aromatic heterocycles. The Balaban J connectivity index is 0.000000660. The highest BCUT2D eigenvalue weighted by Gasteiger charge is 2.28. The Kier molecular flexibility index (Phi) is 25.6. The molecule has 0 fully saturated rings. The van der Waals surface area contributed by atoms with Gasteiger partial charge < -0.3 is 65.9 Å². The summed E-state index contributed by atoms with van der Waals surface area (Å²) in [6, 6.07) is 10.2. The maximum Gasteiger partial charge on any atom is 0.240 e. The molecule has 0 aliphatic carbocycles. The third kappa shape index (κ3) is 24.1. The van der Waals surface area contributed by atoms with Crippen LogP contribution in [0, 0.1) is 10.8 Å². The summed E-state index contributed by atoms with van der Waals surface area (Å²) in [5.41, 5.74) is 32.9. The monoisotopic (exact) mass is 925 g/mol. The molecule has 368 valence electrons. The molecule has 0 aliphatic rings. The van der Waals surface area contributed by atoms with Crippen LogP contribution in [-0.4, -0.2) is 108 Å². The van der Waals surface area contributed by atoms with E-state index >= 15 is 0 Å². The first-order valence-corrected chi connectivity index (χ1v) is 22.3. The lowest BCUT2D eigenvalue weighted by molar-refractivity contribution is -0.128. The van der Waals surface area contributed by atoms with Crippen LogP contribution in [0.4, 0.5) is 0 Å². The third-order valence-electron chi connectivity index (χ3n) is 11.4. The van der Waals surface area contributed by atoms with Crippen LogP contribution in [0.2, 0.25) is 0 Å². The minimum Gasteiger partial charge on any atom is -0.508 e. The van der Waals surface area contributed by atoms with Crippen LogP contribution in [-0.2, 0) is 41.6 Å². The highest BCUT2D eigenvalue weighted by atomic mass is 16.3. The van der Waals surface area contributed by atoms with E-state index in [9.17, 15) is 39.0 Å². The fraction of sp³-hybridized carbons (Fsp3) is 0.565. The van der Waals surface area contributed by atoms with Crippen molar-refractivity contribution in [2.45, 2.75) is 130 Å². The predicted octanol–water partition coefficient (Wildman–Crippen LogP) is 0.624. The van der Waals surface area contributed by atoms with E-state index in [1.54, 1.807) is 24.3 Å². The summed E-state index contributed by atoms with van der Waals surface area (Å²) in [5, 5.41) is 30.5. The number of carbonyl (C=O) groups excluding carboxylic acids is 6. The van der Waals surface area contributed by atoms with Crippen molar-refractivity contribution in [3.8, 4) is 11.5 Å². The Labute approximate surface area is 388 Å². The van der Waals surface area contributed by atoms with Gasteiger partial charge in [-0.2, -0.15) is 0 Å². The number of primary amides is 2. The Bertz CT molecular complexity index is 1770. The lowest BCUT2D eigenvalue weighted by Gasteiger charge is -2.24. The van der Waals surface area contributed by atoms with Crippen LogP contribution in [0.1, 0.15) is 104 Å². The van der Waals surface area contributed by atoms with E-state index in [1.807, 2.05) is 41.5 Å². The molecule has 0 saturated carbocycles. The highest BCUT2D eigenvalue weighted by Crippen LogP contribution is 2.22. The average molecular weight is 925 g/mol. The largest absolute Gasteiger partial charge is 0.508 e. The molecule has 20 heteroatoms. The number of benzene rings is 2. The molecule has 4 atom stereocenters. The lowest BCUT2D eigenvalue weighted by atomic mass is 9.85. The number of ketones is 2. The van der Waals surface area contributed by atoms with E-state index in [0.717, 1.165) is 11.1 Å². The first-order chi connectivity index (χ1) is 30.9. The van der Waals surface area contributed by atoms with Crippen molar-refractivity contribution >= 4 is 47.1 Å². The molecule has 2 aromatic carbocycles. The van der Waals surface area contributed by atoms with E-state index in [1.165, 1.54) is 24.3 Å². The number of aromatic hydroxyl groups is 2. The van der Waals surface area contributed by atoms with Crippen molar-refractivity contribution in [1.29, 1.82) is 0 Å². The van der Waals surface area contributed by atoms with Crippen LogP contribution < -0.4 is 55.7 Å². The number of nitrogens with zero attached hydrogens (tertiary/aromatic N) is 2. The smallest absolute Gasteiger partial charge is 0.240 e. The molecule has 18 N–H and O–H groups in total. The minimum atomic E-state index is -0.898. The Morgan fingerprint density at radius 3 is 1.15 bits per heavy atom. The SMILES string of the molecule is CCC(C)(C)C(=O)CN[C@@H](CCCN=C(N)N)CC(=O)N[C@@H](Cc1ccc(O)cc1)C(N)=O.CCC(C)(C)C(=O)CN[C@@H](CCCN=C(N)N)CC(=O)N[C@@H](Cc1ccc(O)cc1)C(N)=O. The summed E-state index contributed by atoms with van der Waals surface area (Å²) in [5.74, 6) is -1.72. The Hall–Kier alpha value is -6.28. The number of nitrogens with one attached hydrogen (secondary N) is 4. The Morgan fingerprint density at radius 1 is 0.561 bits per heavy atom. The van der Waals surface area contributed by atoms with Gasteiger partial charge in [0.2, 0.25) is 23.6 Å². The molecule has 4 amide bonds. The van der Waals surface area contributed by atoms with Crippen LogP contribution >= 0.6 is 0 Å². The molecular weight excluding hydrogens is 849 g/mol. The van der Waals surface area contributed by atoms with Crippen LogP contribution in [0.3, 0.4) is 0 Å². The molecule has 0 saturated heterocycles. The van der Waals surface area contributed by atoms with Crippen LogP contribution in [0.15, 0.2) is 58.5 Å². The molecule has 0 unspecified atom stereocenters. The molecule has 66 heavy (non-hydrogen) atoms. The first kappa shape index (κ1) is 57.7. The normalized spacial score (nSPS) is 13.1. The zero-order valence-electron chi connectivity index (χ0n) is 39.5. The third-order valence-corrected chi connectivity index (χ3v) is 11.4. The fourth-order valence-electron chi connectivity index (χ4n) is 6.13. The number of Topliss-reactive ketones (excluding diaryl/α,β-unsaturated/α-hetero) is 2. The van der Waals surface area contributed by atoms with Gasteiger partial charge in [-0.15, -0.1) is 0 Å². The lowest BCUT2D eigenvalue weighted by Crippen LogP contribution is -2.48. The van der Waals surface area contributed by atoms with Crippen LogP contribution in [0.5, 0.6) is 11.5 Å². The minimum absolute atomic E-state index is 0.00402.